The number of rotatable bonds is 4. The van der Waals surface area contributed by atoms with E-state index in [0.717, 1.165) is 26.5 Å². The number of alkyl halides is 1. The number of nitrogens with one attached hydrogen (secondary N) is 1. The highest BCUT2D eigenvalue weighted by Gasteiger charge is 2.69. The van der Waals surface area contributed by atoms with Crippen LogP contribution in [-0.2, 0) is 30.6 Å². The maximum Gasteiger partial charge on any atom is 0.529 e. The van der Waals surface area contributed by atoms with Crippen molar-refractivity contribution in [2.75, 3.05) is 0 Å². The highest BCUT2D eigenvalue weighted by atomic mass is 35.5. The van der Waals surface area contributed by atoms with E-state index in [1.807, 2.05) is 0 Å². The Morgan fingerprint density at radius 3 is 2.76 bits per heavy atom. The highest BCUT2D eigenvalue weighted by molar-refractivity contribution is 7.71. The van der Waals surface area contributed by atoms with Crippen molar-refractivity contribution >= 4 is 55.2 Å². The molecule has 2 aliphatic rings. The van der Waals surface area contributed by atoms with Crippen LogP contribution in [0.5, 0.6) is 5.75 Å². The minimum atomic E-state index is -4.38. The molecule has 17 heteroatoms. The van der Waals surface area contributed by atoms with Crippen LogP contribution in [0.15, 0.2) is 29.2 Å². The zero-order valence-electron chi connectivity index (χ0n) is 18.6. The predicted octanol–water partition coefficient (Wildman–Crippen LogP) is -0.817. The van der Waals surface area contributed by atoms with Gasteiger partial charge in [-0.3, -0.25) is 23.4 Å². The molecule has 0 saturated carbocycles. The number of aliphatic hydroxyl groups excluding tert-OH is 2. The van der Waals surface area contributed by atoms with Crippen LogP contribution < -0.4 is 10.1 Å². The second kappa shape index (κ2) is 8.31. The lowest BCUT2D eigenvalue weighted by Gasteiger charge is -2.41. The molecule has 0 amide bonds. The number of aliphatic hydroxyl groups is 2. The monoisotopic (exact) mass is 530 g/mol. The molecule has 0 aliphatic carbocycles. The van der Waals surface area contributed by atoms with E-state index in [1.165, 1.54) is 7.85 Å². The first kappa shape index (κ1) is 25.7. The van der Waals surface area contributed by atoms with Crippen LogP contribution in [0, 0.1) is 11.7 Å². The maximum absolute atomic E-state index is 16.4. The van der Waals surface area contributed by atoms with Crippen molar-refractivity contribution in [1.29, 1.82) is 0 Å². The molecule has 3 heterocycles. The quantitative estimate of drug-likeness (QED) is 0.264. The minimum Gasteiger partial charge on any atom is -0.403 e. The van der Waals surface area contributed by atoms with Gasteiger partial charge < -0.3 is 19.5 Å². The van der Waals surface area contributed by atoms with Crippen LogP contribution in [-0.4, -0.2) is 66.8 Å². The van der Waals surface area contributed by atoms with Gasteiger partial charge in [0.1, 0.15) is 44.3 Å². The van der Waals surface area contributed by atoms with Gasteiger partial charge >= 0.3 is 7.82 Å². The van der Waals surface area contributed by atoms with Gasteiger partial charge in [0, 0.05) is 11.8 Å². The molecule has 180 valence electrons. The fourth-order valence-electron chi connectivity index (χ4n) is 4.00. The average molecular weight is 530 g/mol. The number of benzene rings is 1. The van der Waals surface area contributed by atoms with Gasteiger partial charge in [0.05, 0.1) is 12.0 Å². The number of fused-ring (bicyclic) bond motifs is 1. The topological polar surface area (TPSA) is 132 Å². The molecule has 1 unspecified atom stereocenters. The molecule has 34 heavy (non-hydrogen) atoms. The van der Waals surface area contributed by atoms with Crippen LogP contribution in [0.2, 0.25) is 5.02 Å². The van der Waals surface area contributed by atoms with E-state index >= 15 is 4.39 Å². The summed E-state index contributed by atoms with van der Waals surface area (Å²) in [7, 11) is -0.827. The van der Waals surface area contributed by atoms with Crippen molar-refractivity contribution in [3.63, 3.8) is 0 Å². The van der Waals surface area contributed by atoms with Gasteiger partial charge in [-0.05, 0) is 24.7 Å². The molecule has 1 fully saturated rings. The van der Waals surface area contributed by atoms with E-state index in [9.17, 15) is 19.6 Å². The lowest BCUT2D eigenvalue weighted by Crippen LogP contribution is -2.60. The maximum atomic E-state index is 16.4. The molecule has 0 bridgehead atoms. The summed E-state index contributed by atoms with van der Waals surface area (Å²) < 4.78 is 52.3. The molecule has 2 aromatic rings. The summed E-state index contributed by atoms with van der Waals surface area (Å²) >= 11 is 11.0. The van der Waals surface area contributed by atoms with Crippen molar-refractivity contribution in [2.24, 2.45) is 0 Å². The van der Waals surface area contributed by atoms with Gasteiger partial charge in [-0.15, -0.1) is 0 Å². The van der Waals surface area contributed by atoms with E-state index in [4.69, 9.17) is 42.1 Å². The molecule has 3 N–H and O–H groups in total. The molecule has 10 nitrogen and oxygen atoms in total. The molecule has 1 aromatic heterocycles. The fraction of sp³-hybridized carbons (Fsp3) is 0.412. The SMILES string of the molecule is BC(B)(OP1(=O)OCc2cccc(C)c2O1)[C@@]1(F)O[C@@](B)(n2cc(Cl)c(=O)[nH]c2=S)[C@H](O)[C@@H]1O. The summed E-state index contributed by atoms with van der Waals surface area (Å²) in [6, 6.07) is 5.23. The lowest BCUT2D eigenvalue weighted by atomic mass is 9.59. The Hall–Kier alpha value is -1.44. The van der Waals surface area contributed by atoms with E-state index in [-0.39, 0.29) is 22.2 Å². The normalized spacial score (nSPS) is 33.3. The lowest BCUT2D eigenvalue weighted by molar-refractivity contribution is -0.240. The number of phosphoric ester groups is 1. The van der Waals surface area contributed by atoms with Crippen molar-refractivity contribution in [3.8, 4) is 5.75 Å². The molecular weight excluding hydrogens is 510 g/mol. The van der Waals surface area contributed by atoms with Crippen LogP contribution in [0.4, 0.5) is 4.39 Å². The summed E-state index contributed by atoms with van der Waals surface area (Å²) in [5.41, 5.74) is -1.43. The molecule has 4 rings (SSSR count). The van der Waals surface area contributed by atoms with E-state index in [0.29, 0.717) is 11.1 Å². The average Bonchev–Trinajstić information content (AvgIpc) is 2.93. The number of hydrogen-bond donors (Lipinski definition) is 3. The van der Waals surface area contributed by atoms with Gasteiger partial charge in [0.2, 0.25) is 0 Å². The smallest absolute Gasteiger partial charge is 0.403 e. The van der Waals surface area contributed by atoms with Crippen molar-refractivity contribution < 1.29 is 37.5 Å². The third-order valence-corrected chi connectivity index (χ3v) is 8.10. The summed E-state index contributed by atoms with van der Waals surface area (Å²) in [5.74, 6) is -2.86. The third-order valence-electron chi connectivity index (χ3n) is 6.00. The first-order valence-electron chi connectivity index (χ1n) is 10.1. The number of phosphoric acid groups is 1. The minimum absolute atomic E-state index is 0.113. The molecule has 1 saturated heterocycles. The number of aromatic amines is 1. The van der Waals surface area contributed by atoms with Crippen LogP contribution >= 0.6 is 31.6 Å². The first-order valence-corrected chi connectivity index (χ1v) is 12.4. The number of ether oxygens (including phenoxy) is 1. The zero-order chi connectivity index (χ0) is 25.3. The van der Waals surface area contributed by atoms with Crippen LogP contribution in [0.1, 0.15) is 11.1 Å². The molecule has 0 spiro atoms. The first-order chi connectivity index (χ1) is 15.6. The Morgan fingerprint density at radius 1 is 1.41 bits per heavy atom. The third kappa shape index (κ3) is 3.92. The fourth-order valence-corrected chi connectivity index (χ4v) is 6.08. The summed E-state index contributed by atoms with van der Waals surface area (Å²) in [6.45, 7) is 1.62. The second-order valence-electron chi connectivity index (χ2n) is 8.77. The molecule has 2 aliphatic heterocycles. The Labute approximate surface area is 206 Å². The number of para-hydroxylation sites is 1. The number of halogens is 2. The van der Waals surface area contributed by atoms with Crippen LogP contribution in [0.25, 0.3) is 0 Å². The van der Waals surface area contributed by atoms with Crippen molar-refractivity contribution in [2.45, 2.75) is 42.6 Å². The van der Waals surface area contributed by atoms with E-state index < -0.39 is 42.5 Å². The number of aryl methyl sites for hydroxylation is 1. The number of hydrogen-bond acceptors (Lipinski definition) is 9. The molecule has 5 atom stereocenters. The highest BCUT2D eigenvalue weighted by Crippen LogP contribution is 2.59. The van der Waals surface area contributed by atoms with Gasteiger partial charge in [-0.2, -0.15) is 0 Å². The Kier molecular flexibility index (Phi) is 6.27. The van der Waals surface area contributed by atoms with Gasteiger partial charge in [-0.25, -0.2) is 8.96 Å². The van der Waals surface area contributed by atoms with E-state index in [1.54, 1.807) is 25.1 Å². The predicted molar refractivity (Wildman–Crippen MR) is 129 cm³/mol. The van der Waals surface area contributed by atoms with Crippen molar-refractivity contribution in [3.05, 3.63) is 55.7 Å². The molecule has 0 radical (unpaired) electrons. The van der Waals surface area contributed by atoms with Crippen LogP contribution in [0.3, 0.4) is 0 Å². The molecular formula is C17H20B3ClFN2O8PS. The van der Waals surface area contributed by atoms with Crippen molar-refractivity contribution in [1.82, 2.24) is 9.55 Å². The summed E-state index contributed by atoms with van der Waals surface area (Å²) in [6.07, 6.45) is -3.07. The molecule has 1 aromatic carbocycles. The Balaban J connectivity index is 1.69. The Bertz CT molecular complexity index is 1330. The summed E-state index contributed by atoms with van der Waals surface area (Å²) in [5, 5.41) is 19.0. The number of nitrogens with zero attached hydrogens (tertiary/aromatic N) is 1. The van der Waals surface area contributed by atoms with Gasteiger partial charge in [0.25, 0.3) is 11.4 Å². The van der Waals surface area contributed by atoms with E-state index in [2.05, 4.69) is 4.98 Å². The largest absolute Gasteiger partial charge is 0.529 e. The van der Waals surface area contributed by atoms with Gasteiger partial charge in [-0.1, -0.05) is 29.8 Å². The number of aromatic nitrogens is 2. The zero-order valence-corrected chi connectivity index (χ0v) is 21.0. The standard InChI is InChI=1S/C17H20B3ClFN2O8PS/c1-7-3-2-4-8-6-29-33(28,30-10(7)8)32-17(19,20)15(22)11(25)12(26)16(18,31-15)24-5-9(21)13(27)23-14(24)34/h2-5,11-12,25-26H,6,18-20H2,1H3,(H,23,27,34)/t11-,12+,15-,16-,33?/m0/s1. The summed E-state index contributed by atoms with van der Waals surface area (Å²) in [4.78, 5) is 14.0. The second-order valence-corrected chi connectivity index (χ2v) is 11.1. The Morgan fingerprint density at radius 2 is 2.09 bits per heavy atom. The number of H-pyrrole nitrogens is 1. The van der Waals surface area contributed by atoms with Gasteiger partial charge in [0.15, 0.2) is 12.6 Å².